The maximum atomic E-state index is 12.7. The van der Waals surface area contributed by atoms with E-state index in [-0.39, 0.29) is 0 Å². The Morgan fingerprint density at radius 3 is 2.37 bits per heavy atom. The second kappa shape index (κ2) is 4.19. The molecule has 3 heteroatoms. The fourth-order valence-corrected chi connectivity index (χ4v) is 5.29. The first kappa shape index (κ1) is 11.7. The van der Waals surface area contributed by atoms with Crippen LogP contribution in [-0.4, -0.2) is 15.3 Å². The molecule has 0 aliphatic heterocycles. The maximum absolute atomic E-state index is 12.7. The summed E-state index contributed by atoms with van der Waals surface area (Å²) in [5, 5.41) is 0. The standard InChI is InChI=1S/C16H22N2O/c1-18-3-2-17-15(18)9-14(19)16-12-5-10-4-11(7-12)8-13(16)6-10/h2-3,10-13,16H,4-9H2,1H3. The number of imidazole rings is 1. The van der Waals surface area contributed by atoms with Gasteiger partial charge in [0.15, 0.2) is 0 Å². The van der Waals surface area contributed by atoms with Gasteiger partial charge in [-0.15, -0.1) is 0 Å². The van der Waals surface area contributed by atoms with E-state index < -0.39 is 0 Å². The third kappa shape index (κ3) is 1.86. The third-order valence-corrected chi connectivity index (χ3v) is 5.85. The number of rotatable bonds is 3. The zero-order valence-electron chi connectivity index (χ0n) is 11.6. The molecule has 1 aromatic heterocycles. The van der Waals surface area contributed by atoms with Gasteiger partial charge in [0.1, 0.15) is 11.6 Å². The van der Waals surface area contributed by atoms with Crippen molar-refractivity contribution in [1.29, 1.82) is 0 Å². The molecule has 4 saturated carbocycles. The quantitative estimate of drug-likeness (QED) is 0.835. The second-order valence-electron chi connectivity index (χ2n) is 7.05. The highest BCUT2D eigenvalue weighted by Crippen LogP contribution is 2.56. The average Bonchev–Trinajstić information content (AvgIpc) is 2.73. The van der Waals surface area contributed by atoms with Crippen LogP contribution in [0.2, 0.25) is 0 Å². The highest BCUT2D eigenvalue weighted by molar-refractivity contribution is 5.83. The van der Waals surface area contributed by atoms with Crippen molar-refractivity contribution in [2.24, 2.45) is 36.6 Å². The molecule has 0 amide bonds. The topological polar surface area (TPSA) is 34.9 Å². The van der Waals surface area contributed by atoms with E-state index in [1.54, 1.807) is 6.20 Å². The number of aromatic nitrogens is 2. The monoisotopic (exact) mass is 258 g/mol. The molecule has 4 aliphatic rings. The van der Waals surface area contributed by atoms with Crippen LogP contribution in [0.15, 0.2) is 12.4 Å². The van der Waals surface area contributed by atoms with Crippen LogP contribution >= 0.6 is 0 Å². The van der Waals surface area contributed by atoms with Crippen molar-refractivity contribution in [2.45, 2.75) is 38.5 Å². The Morgan fingerprint density at radius 2 is 1.84 bits per heavy atom. The van der Waals surface area contributed by atoms with Crippen LogP contribution in [-0.2, 0) is 18.3 Å². The van der Waals surface area contributed by atoms with Crippen molar-refractivity contribution in [3.8, 4) is 0 Å². The Kier molecular flexibility index (Phi) is 2.58. The molecule has 3 nitrogen and oxygen atoms in total. The van der Waals surface area contributed by atoms with Gasteiger partial charge >= 0.3 is 0 Å². The van der Waals surface area contributed by atoms with Crippen LogP contribution in [0.3, 0.4) is 0 Å². The van der Waals surface area contributed by atoms with E-state index in [1.165, 1.54) is 32.1 Å². The van der Waals surface area contributed by atoms with Gasteiger partial charge in [-0.05, 0) is 55.8 Å². The molecule has 0 atom stereocenters. The van der Waals surface area contributed by atoms with E-state index in [9.17, 15) is 4.79 Å². The van der Waals surface area contributed by atoms with Crippen molar-refractivity contribution in [2.75, 3.05) is 0 Å². The van der Waals surface area contributed by atoms with E-state index >= 15 is 0 Å². The maximum Gasteiger partial charge on any atom is 0.144 e. The fourth-order valence-electron chi connectivity index (χ4n) is 5.29. The summed E-state index contributed by atoms with van der Waals surface area (Å²) in [5.74, 6) is 5.03. The molecule has 4 aliphatic carbocycles. The molecule has 102 valence electrons. The minimum absolute atomic E-state index is 0.351. The lowest BCUT2D eigenvalue weighted by Crippen LogP contribution is -2.48. The summed E-state index contributed by atoms with van der Waals surface area (Å²) >= 11 is 0. The molecule has 4 bridgehead atoms. The highest BCUT2D eigenvalue weighted by Gasteiger charge is 2.50. The predicted octanol–water partition coefficient (Wildman–Crippen LogP) is 2.60. The average molecular weight is 258 g/mol. The lowest BCUT2D eigenvalue weighted by Gasteiger charge is -2.53. The van der Waals surface area contributed by atoms with Crippen molar-refractivity contribution in [3.05, 3.63) is 18.2 Å². The Balaban J connectivity index is 1.53. The van der Waals surface area contributed by atoms with Gasteiger partial charge < -0.3 is 4.57 Å². The number of nitrogens with zero attached hydrogens (tertiary/aromatic N) is 2. The van der Waals surface area contributed by atoms with Gasteiger partial charge in [-0.1, -0.05) is 0 Å². The Bertz CT molecular complexity index is 477. The molecule has 4 fully saturated rings. The van der Waals surface area contributed by atoms with E-state index in [2.05, 4.69) is 4.98 Å². The molecule has 0 N–H and O–H groups in total. The van der Waals surface area contributed by atoms with Gasteiger partial charge in [-0.3, -0.25) is 4.79 Å². The molecule has 19 heavy (non-hydrogen) atoms. The SMILES string of the molecule is Cn1ccnc1CC(=O)C1C2CC3CC(C2)CC1C3. The minimum atomic E-state index is 0.351. The van der Waals surface area contributed by atoms with Crippen LogP contribution < -0.4 is 0 Å². The normalized spacial score (nSPS) is 39.7. The summed E-state index contributed by atoms with van der Waals surface area (Å²) in [4.78, 5) is 17.0. The van der Waals surface area contributed by atoms with Crippen molar-refractivity contribution in [3.63, 3.8) is 0 Å². The summed E-state index contributed by atoms with van der Waals surface area (Å²) in [6.45, 7) is 0. The summed E-state index contributed by atoms with van der Waals surface area (Å²) in [6.07, 6.45) is 11.0. The van der Waals surface area contributed by atoms with Gasteiger partial charge in [0.05, 0.1) is 6.42 Å². The predicted molar refractivity (Wildman–Crippen MR) is 72.5 cm³/mol. The highest BCUT2D eigenvalue weighted by atomic mass is 16.1. The van der Waals surface area contributed by atoms with Gasteiger partial charge in [0.2, 0.25) is 0 Å². The fraction of sp³-hybridized carbons (Fsp3) is 0.750. The number of carbonyl (C=O) groups excluding carboxylic acids is 1. The lowest BCUT2D eigenvalue weighted by molar-refractivity contribution is -0.135. The lowest BCUT2D eigenvalue weighted by atomic mass is 9.51. The Labute approximate surface area is 114 Å². The van der Waals surface area contributed by atoms with E-state index in [4.69, 9.17) is 0 Å². The third-order valence-electron chi connectivity index (χ3n) is 5.85. The molecule has 1 aromatic rings. The zero-order chi connectivity index (χ0) is 13.0. The van der Waals surface area contributed by atoms with Crippen molar-refractivity contribution < 1.29 is 4.79 Å². The van der Waals surface area contributed by atoms with E-state index in [0.29, 0.717) is 30.0 Å². The van der Waals surface area contributed by atoms with Crippen LogP contribution in [0.4, 0.5) is 0 Å². The van der Waals surface area contributed by atoms with Crippen LogP contribution in [0.1, 0.15) is 37.9 Å². The number of ketones is 1. The summed E-state index contributed by atoms with van der Waals surface area (Å²) < 4.78 is 1.98. The first-order valence-corrected chi connectivity index (χ1v) is 7.69. The van der Waals surface area contributed by atoms with Crippen LogP contribution in [0.25, 0.3) is 0 Å². The number of aryl methyl sites for hydroxylation is 1. The van der Waals surface area contributed by atoms with Gasteiger partial charge in [-0.2, -0.15) is 0 Å². The van der Waals surface area contributed by atoms with Gasteiger partial charge in [0.25, 0.3) is 0 Å². The molecule has 0 aromatic carbocycles. The number of hydrogen-bond donors (Lipinski definition) is 0. The Hall–Kier alpha value is -1.12. The molecule has 1 heterocycles. The number of Topliss-reactive ketones (excluding diaryl/α,β-unsaturated/α-hetero) is 1. The molecular formula is C16H22N2O. The molecule has 5 rings (SSSR count). The first-order valence-electron chi connectivity index (χ1n) is 7.69. The van der Waals surface area contributed by atoms with Gasteiger partial charge in [0, 0.05) is 25.4 Å². The summed E-state index contributed by atoms with van der Waals surface area (Å²) in [6, 6.07) is 0. The molecule has 0 spiro atoms. The van der Waals surface area contributed by atoms with E-state index in [1.807, 2.05) is 17.8 Å². The first-order chi connectivity index (χ1) is 9.20. The molecule has 0 saturated heterocycles. The van der Waals surface area contributed by atoms with Crippen LogP contribution in [0.5, 0.6) is 0 Å². The molecular weight excluding hydrogens is 236 g/mol. The van der Waals surface area contributed by atoms with Crippen molar-refractivity contribution >= 4 is 5.78 Å². The van der Waals surface area contributed by atoms with Crippen molar-refractivity contribution in [1.82, 2.24) is 9.55 Å². The second-order valence-corrected chi connectivity index (χ2v) is 7.05. The number of carbonyl (C=O) groups is 1. The Morgan fingerprint density at radius 1 is 1.21 bits per heavy atom. The molecule has 0 radical (unpaired) electrons. The van der Waals surface area contributed by atoms with E-state index in [0.717, 1.165) is 17.7 Å². The van der Waals surface area contributed by atoms with Crippen LogP contribution in [0, 0.1) is 29.6 Å². The van der Waals surface area contributed by atoms with Gasteiger partial charge in [-0.25, -0.2) is 4.98 Å². The zero-order valence-corrected chi connectivity index (χ0v) is 11.6. The largest absolute Gasteiger partial charge is 0.338 e. The molecule has 0 unspecified atom stereocenters. The minimum Gasteiger partial charge on any atom is -0.338 e. The summed E-state index contributed by atoms with van der Waals surface area (Å²) in [7, 11) is 1.98. The number of hydrogen-bond acceptors (Lipinski definition) is 2. The smallest absolute Gasteiger partial charge is 0.144 e. The summed E-state index contributed by atoms with van der Waals surface area (Å²) in [5.41, 5.74) is 0.